The molecule has 0 N–H and O–H groups in total. The predicted octanol–water partition coefficient (Wildman–Crippen LogP) is 0.301. The third kappa shape index (κ3) is 1.78. The normalized spacial score (nSPS) is 15.6. The van der Waals surface area contributed by atoms with Gasteiger partial charge < -0.3 is 9.80 Å². The van der Waals surface area contributed by atoms with Gasteiger partial charge in [0.2, 0.25) is 0 Å². The van der Waals surface area contributed by atoms with Crippen molar-refractivity contribution >= 4 is 29.0 Å². The van der Waals surface area contributed by atoms with Crippen molar-refractivity contribution in [1.29, 1.82) is 0 Å². The molecular weight excluding hydrogens is 276 g/mol. The van der Waals surface area contributed by atoms with Crippen LogP contribution >= 0.6 is 11.7 Å². The van der Waals surface area contributed by atoms with Gasteiger partial charge in [0.25, 0.3) is 0 Å². The van der Waals surface area contributed by atoms with E-state index in [1.807, 2.05) is 12.1 Å². The topological polar surface area (TPSA) is 75.3 Å². The van der Waals surface area contributed by atoms with E-state index >= 15 is 0 Å². The second-order valence-corrected chi connectivity index (χ2v) is 5.32. The minimum Gasteiger partial charge on any atom is -0.351 e. The van der Waals surface area contributed by atoms with E-state index in [-0.39, 0.29) is 0 Å². The molecule has 8 nitrogen and oxygen atoms in total. The molecule has 0 radical (unpaired) electrons. The van der Waals surface area contributed by atoms with Crippen LogP contribution in [0.15, 0.2) is 24.7 Å². The number of nitrogens with zero attached hydrogens (tertiary/aromatic N) is 8. The Hall–Kier alpha value is -2.29. The molecule has 3 aromatic heterocycles. The van der Waals surface area contributed by atoms with Crippen molar-refractivity contribution in [3.63, 3.8) is 0 Å². The molecule has 0 atom stereocenters. The first-order chi connectivity index (χ1) is 9.81. The molecule has 0 aliphatic carbocycles. The molecule has 0 amide bonds. The van der Waals surface area contributed by atoms with Gasteiger partial charge in [-0.15, -0.1) is 15.3 Å². The Morgan fingerprint density at radius 2 is 2.25 bits per heavy atom. The maximum atomic E-state index is 4.49. The highest BCUT2D eigenvalue weighted by atomic mass is 32.1. The van der Waals surface area contributed by atoms with Gasteiger partial charge >= 0.3 is 0 Å². The van der Waals surface area contributed by atoms with Gasteiger partial charge in [-0.1, -0.05) is 0 Å². The van der Waals surface area contributed by atoms with Crippen LogP contribution in [0, 0.1) is 0 Å². The quantitative estimate of drug-likeness (QED) is 0.686. The maximum absolute atomic E-state index is 4.49. The SMILES string of the molecule is CN(c1cnsn1)C1CN(c2ccc3nncn3n2)C1. The predicted molar refractivity (Wildman–Crippen MR) is 75.1 cm³/mol. The second kappa shape index (κ2) is 4.37. The number of rotatable bonds is 3. The van der Waals surface area contributed by atoms with Crippen molar-refractivity contribution < 1.29 is 0 Å². The highest BCUT2D eigenvalue weighted by Gasteiger charge is 2.32. The summed E-state index contributed by atoms with van der Waals surface area (Å²) in [5.74, 6) is 1.88. The Bertz CT molecular complexity index is 717. The number of anilines is 2. The van der Waals surface area contributed by atoms with Crippen LogP contribution in [0.3, 0.4) is 0 Å². The van der Waals surface area contributed by atoms with Gasteiger partial charge in [0.15, 0.2) is 11.5 Å². The first-order valence-electron chi connectivity index (χ1n) is 6.24. The maximum Gasteiger partial charge on any atom is 0.177 e. The molecule has 0 bridgehead atoms. The summed E-state index contributed by atoms with van der Waals surface area (Å²) in [5, 5.41) is 12.3. The average Bonchev–Trinajstić information content (AvgIpc) is 3.07. The lowest BCUT2D eigenvalue weighted by atomic mass is 10.1. The number of likely N-dealkylation sites (N-methyl/N-ethyl adjacent to an activating group) is 1. The average molecular weight is 288 g/mol. The Morgan fingerprint density at radius 3 is 3.05 bits per heavy atom. The standard InChI is InChI=1S/C11H12N8S/c1-17(11-4-13-20-16-11)8-5-18(6-8)10-3-2-9-14-12-7-19(9)15-10/h2-4,7-8H,5-6H2,1H3. The van der Waals surface area contributed by atoms with Crippen LogP contribution in [0.1, 0.15) is 0 Å². The summed E-state index contributed by atoms with van der Waals surface area (Å²) in [7, 11) is 2.05. The fourth-order valence-corrected chi connectivity index (χ4v) is 2.72. The van der Waals surface area contributed by atoms with Crippen molar-refractivity contribution in [1.82, 2.24) is 28.6 Å². The number of hydrogen-bond donors (Lipinski definition) is 0. The van der Waals surface area contributed by atoms with Crippen LogP contribution in [0.2, 0.25) is 0 Å². The van der Waals surface area contributed by atoms with Crippen LogP contribution in [0.5, 0.6) is 0 Å². The van der Waals surface area contributed by atoms with Gasteiger partial charge in [-0.25, -0.2) is 0 Å². The highest BCUT2D eigenvalue weighted by Crippen LogP contribution is 2.24. The van der Waals surface area contributed by atoms with E-state index in [4.69, 9.17) is 0 Å². The highest BCUT2D eigenvalue weighted by molar-refractivity contribution is 6.99. The van der Waals surface area contributed by atoms with Crippen LogP contribution in [-0.4, -0.2) is 54.7 Å². The third-order valence-corrected chi connectivity index (χ3v) is 4.06. The summed E-state index contributed by atoms with van der Waals surface area (Å²) >= 11 is 1.23. The van der Waals surface area contributed by atoms with Crippen molar-refractivity contribution in [3.8, 4) is 0 Å². The van der Waals surface area contributed by atoms with Gasteiger partial charge in [0, 0.05) is 20.1 Å². The van der Waals surface area contributed by atoms with Gasteiger partial charge in [-0.2, -0.15) is 13.3 Å². The lowest BCUT2D eigenvalue weighted by Crippen LogP contribution is -2.59. The molecule has 102 valence electrons. The van der Waals surface area contributed by atoms with E-state index in [9.17, 15) is 0 Å². The zero-order valence-corrected chi connectivity index (χ0v) is 11.6. The molecule has 9 heteroatoms. The summed E-state index contributed by atoms with van der Waals surface area (Å²) in [5.41, 5.74) is 0.761. The molecule has 1 aliphatic heterocycles. The lowest BCUT2D eigenvalue weighted by Gasteiger charge is -2.44. The second-order valence-electron chi connectivity index (χ2n) is 4.76. The minimum atomic E-state index is 0.442. The zero-order valence-electron chi connectivity index (χ0n) is 10.8. The molecule has 20 heavy (non-hydrogen) atoms. The monoisotopic (exact) mass is 288 g/mol. The van der Waals surface area contributed by atoms with E-state index in [1.54, 1.807) is 17.0 Å². The van der Waals surface area contributed by atoms with Crippen LogP contribution in [-0.2, 0) is 0 Å². The summed E-state index contributed by atoms with van der Waals surface area (Å²) in [4.78, 5) is 4.39. The fourth-order valence-electron chi connectivity index (χ4n) is 2.28. The zero-order chi connectivity index (χ0) is 13.5. The number of aromatic nitrogens is 6. The van der Waals surface area contributed by atoms with Gasteiger partial charge in [-0.3, -0.25) is 0 Å². The molecule has 1 fully saturated rings. The van der Waals surface area contributed by atoms with Crippen molar-refractivity contribution in [3.05, 3.63) is 24.7 Å². The Labute approximate surface area is 119 Å². The first kappa shape index (κ1) is 11.5. The van der Waals surface area contributed by atoms with Gasteiger partial charge in [0.1, 0.15) is 12.1 Å². The van der Waals surface area contributed by atoms with Crippen molar-refractivity contribution in [2.24, 2.45) is 0 Å². The fraction of sp³-hybridized carbons (Fsp3) is 0.364. The molecule has 4 heterocycles. The smallest absolute Gasteiger partial charge is 0.177 e. The van der Waals surface area contributed by atoms with E-state index in [1.165, 1.54) is 11.7 Å². The Balaban J connectivity index is 1.47. The summed E-state index contributed by atoms with van der Waals surface area (Å²) in [6.45, 7) is 1.85. The summed E-state index contributed by atoms with van der Waals surface area (Å²) in [6, 6.07) is 4.35. The number of fused-ring (bicyclic) bond motifs is 1. The number of hydrogen-bond acceptors (Lipinski definition) is 8. The van der Waals surface area contributed by atoms with Crippen LogP contribution in [0.4, 0.5) is 11.6 Å². The minimum absolute atomic E-state index is 0.442. The van der Waals surface area contributed by atoms with Gasteiger partial charge in [0.05, 0.1) is 24.0 Å². The van der Waals surface area contributed by atoms with Crippen LogP contribution in [0.25, 0.3) is 5.65 Å². The molecule has 0 aromatic carbocycles. The Morgan fingerprint density at radius 1 is 1.35 bits per heavy atom. The molecule has 1 aliphatic rings. The van der Waals surface area contributed by atoms with Crippen molar-refractivity contribution in [2.75, 3.05) is 29.9 Å². The lowest BCUT2D eigenvalue weighted by molar-refractivity contribution is 0.488. The molecular formula is C11H12N8S. The van der Waals surface area contributed by atoms with E-state index in [0.29, 0.717) is 6.04 Å². The molecule has 0 unspecified atom stereocenters. The van der Waals surface area contributed by atoms with E-state index in [0.717, 1.165) is 30.4 Å². The van der Waals surface area contributed by atoms with Crippen LogP contribution < -0.4 is 9.80 Å². The van der Waals surface area contributed by atoms with E-state index < -0.39 is 0 Å². The molecule has 0 saturated carbocycles. The van der Waals surface area contributed by atoms with E-state index in [2.05, 4.69) is 40.9 Å². The first-order valence-corrected chi connectivity index (χ1v) is 6.97. The summed E-state index contributed by atoms with van der Waals surface area (Å²) in [6.07, 6.45) is 3.41. The van der Waals surface area contributed by atoms with Gasteiger partial charge in [-0.05, 0) is 12.1 Å². The molecule has 4 rings (SSSR count). The molecule has 1 saturated heterocycles. The third-order valence-electron chi connectivity index (χ3n) is 3.59. The van der Waals surface area contributed by atoms with Crippen molar-refractivity contribution in [2.45, 2.75) is 6.04 Å². The largest absolute Gasteiger partial charge is 0.351 e. The molecule has 3 aromatic rings. The summed E-state index contributed by atoms with van der Waals surface area (Å²) < 4.78 is 9.98. The molecule has 0 spiro atoms. The Kier molecular flexibility index (Phi) is 2.52.